The summed E-state index contributed by atoms with van der Waals surface area (Å²) in [6.07, 6.45) is 1.69. The number of carbonyl (C=O) groups is 1. The molecule has 0 fully saturated rings. The zero-order valence-corrected chi connectivity index (χ0v) is 17.5. The van der Waals surface area contributed by atoms with Crippen molar-refractivity contribution < 1.29 is 9.53 Å². The Balaban J connectivity index is 1.71. The fourth-order valence-corrected chi connectivity index (χ4v) is 3.85. The van der Waals surface area contributed by atoms with Crippen LogP contribution in [0.5, 0.6) is 5.75 Å². The van der Waals surface area contributed by atoms with Crippen LogP contribution >= 0.6 is 31.9 Å². The number of rotatable bonds is 5. The third-order valence-electron chi connectivity index (χ3n) is 3.77. The third kappa shape index (κ3) is 4.16. The van der Waals surface area contributed by atoms with Gasteiger partial charge in [-0.25, -0.2) is 0 Å². The van der Waals surface area contributed by atoms with Crippen molar-refractivity contribution in [1.82, 2.24) is 4.98 Å². The van der Waals surface area contributed by atoms with Gasteiger partial charge in [-0.3, -0.25) is 9.78 Å². The molecule has 0 aliphatic rings. The topological polar surface area (TPSA) is 54.5 Å². The number of ether oxygens (including phenoxy) is 1. The molecule has 3 aromatic rings. The van der Waals surface area contributed by atoms with E-state index < -0.39 is 0 Å². The van der Waals surface area contributed by atoms with Crippen molar-refractivity contribution in [2.75, 3.05) is 30.9 Å². The fraction of sp³-hybridized carbons (Fsp3) is 0.158. The van der Waals surface area contributed by atoms with E-state index in [1.165, 1.54) is 0 Å². The fourth-order valence-electron chi connectivity index (χ4n) is 2.46. The summed E-state index contributed by atoms with van der Waals surface area (Å²) in [6.45, 7) is -0.110. The van der Waals surface area contributed by atoms with Crippen LogP contribution in [0.2, 0.25) is 0 Å². The van der Waals surface area contributed by atoms with Gasteiger partial charge in [-0.15, -0.1) is 0 Å². The highest BCUT2D eigenvalue weighted by Gasteiger charge is 2.13. The number of pyridine rings is 1. The Morgan fingerprint density at radius 3 is 2.58 bits per heavy atom. The van der Waals surface area contributed by atoms with Crippen molar-refractivity contribution in [2.24, 2.45) is 0 Å². The molecule has 0 saturated carbocycles. The average Bonchev–Trinajstić information content (AvgIpc) is 2.62. The number of halogens is 2. The quantitative estimate of drug-likeness (QED) is 0.569. The minimum absolute atomic E-state index is 0.110. The lowest BCUT2D eigenvalue weighted by atomic mass is 10.2. The van der Waals surface area contributed by atoms with Crippen LogP contribution in [-0.2, 0) is 4.79 Å². The first-order valence-corrected chi connectivity index (χ1v) is 9.47. The van der Waals surface area contributed by atoms with Gasteiger partial charge in [-0.2, -0.15) is 0 Å². The van der Waals surface area contributed by atoms with Crippen LogP contribution in [0.4, 0.5) is 11.4 Å². The molecule has 0 aliphatic heterocycles. The number of benzene rings is 2. The highest BCUT2D eigenvalue weighted by Crippen LogP contribution is 2.37. The monoisotopic (exact) mass is 477 g/mol. The van der Waals surface area contributed by atoms with E-state index in [1.807, 2.05) is 61.5 Å². The highest BCUT2D eigenvalue weighted by molar-refractivity contribution is 9.11. The maximum atomic E-state index is 12.2. The first-order chi connectivity index (χ1) is 12.5. The van der Waals surface area contributed by atoms with Crippen LogP contribution in [0.1, 0.15) is 0 Å². The molecule has 0 bridgehead atoms. The SMILES string of the molecule is CN(C)c1ccc(NC(=O)COc2c(Br)cc(Br)c3cccnc23)cc1. The van der Waals surface area contributed by atoms with Crippen molar-refractivity contribution in [2.45, 2.75) is 0 Å². The van der Waals surface area contributed by atoms with Gasteiger partial charge in [0.05, 0.1) is 4.47 Å². The van der Waals surface area contributed by atoms with Crippen molar-refractivity contribution in [3.8, 4) is 5.75 Å². The first kappa shape index (κ1) is 18.7. The van der Waals surface area contributed by atoms with Crippen LogP contribution < -0.4 is 15.0 Å². The molecule has 0 spiro atoms. The third-order valence-corrected chi connectivity index (χ3v) is 5.01. The van der Waals surface area contributed by atoms with E-state index in [2.05, 4.69) is 42.2 Å². The van der Waals surface area contributed by atoms with Crippen LogP contribution in [0.25, 0.3) is 10.9 Å². The van der Waals surface area contributed by atoms with Crippen LogP contribution in [0.3, 0.4) is 0 Å². The van der Waals surface area contributed by atoms with E-state index in [-0.39, 0.29) is 12.5 Å². The van der Waals surface area contributed by atoms with Gasteiger partial charge in [0.25, 0.3) is 5.91 Å². The summed E-state index contributed by atoms with van der Waals surface area (Å²) in [6, 6.07) is 13.3. The van der Waals surface area contributed by atoms with E-state index in [0.717, 1.165) is 25.7 Å². The number of nitrogens with one attached hydrogen (secondary N) is 1. The number of anilines is 2. The number of hydrogen-bond donors (Lipinski definition) is 1. The standard InChI is InChI=1S/C19H17Br2N3O2/c1-24(2)13-7-5-12(6-8-13)23-17(25)11-26-19-16(21)10-15(20)14-4-3-9-22-18(14)19/h3-10H,11H2,1-2H3,(H,23,25). The summed E-state index contributed by atoms with van der Waals surface area (Å²) < 4.78 is 7.39. The Labute approximate surface area is 168 Å². The molecule has 2 aromatic carbocycles. The molecular formula is C19H17Br2N3O2. The maximum absolute atomic E-state index is 12.2. The molecular weight excluding hydrogens is 462 g/mol. The molecule has 1 amide bonds. The number of fused-ring (bicyclic) bond motifs is 1. The summed E-state index contributed by atoms with van der Waals surface area (Å²) in [5.41, 5.74) is 2.48. The summed E-state index contributed by atoms with van der Waals surface area (Å²) in [5.74, 6) is 0.309. The molecule has 0 saturated heterocycles. The second-order valence-corrected chi connectivity index (χ2v) is 7.56. The van der Waals surface area contributed by atoms with E-state index in [0.29, 0.717) is 11.3 Å². The first-order valence-electron chi connectivity index (χ1n) is 7.88. The Morgan fingerprint density at radius 1 is 1.15 bits per heavy atom. The molecule has 26 heavy (non-hydrogen) atoms. The normalized spacial score (nSPS) is 10.6. The van der Waals surface area contributed by atoms with E-state index >= 15 is 0 Å². The number of carbonyl (C=O) groups excluding carboxylic acids is 1. The Bertz CT molecular complexity index is 943. The zero-order chi connectivity index (χ0) is 18.7. The lowest BCUT2D eigenvalue weighted by Gasteiger charge is -2.14. The van der Waals surface area contributed by atoms with Crippen molar-refractivity contribution in [3.63, 3.8) is 0 Å². The molecule has 1 N–H and O–H groups in total. The van der Waals surface area contributed by atoms with Gasteiger partial charge >= 0.3 is 0 Å². The van der Waals surface area contributed by atoms with Gasteiger partial charge in [-0.1, -0.05) is 22.0 Å². The predicted molar refractivity (Wildman–Crippen MR) is 112 cm³/mol. The molecule has 0 unspecified atom stereocenters. The Hall–Kier alpha value is -2.12. The second-order valence-electron chi connectivity index (χ2n) is 5.85. The van der Waals surface area contributed by atoms with Gasteiger partial charge in [0.15, 0.2) is 12.4 Å². The van der Waals surface area contributed by atoms with Gasteiger partial charge < -0.3 is 15.0 Å². The molecule has 1 heterocycles. The second kappa shape index (κ2) is 8.05. The summed E-state index contributed by atoms with van der Waals surface area (Å²) in [7, 11) is 3.94. The van der Waals surface area contributed by atoms with Gasteiger partial charge in [0, 0.05) is 41.5 Å². The molecule has 0 radical (unpaired) electrons. The molecule has 7 heteroatoms. The molecule has 0 atom stereocenters. The van der Waals surface area contributed by atoms with Gasteiger partial charge in [0.2, 0.25) is 0 Å². The molecule has 1 aromatic heterocycles. The van der Waals surface area contributed by atoms with E-state index in [9.17, 15) is 4.79 Å². The highest BCUT2D eigenvalue weighted by atomic mass is 79.9. The van der Waals surface area contributed by atoms with Gasteiger partial charge in [-0.05, 0) is 52.3 Å². The molecule has 0 aliphatic carbocycles. The number of amides is 1. The Morgan fingerprint density at radius 2 is 1.88 bits per heavy atom. The summed E-state index contributed by atoms with van der Waals surface area (Å²) >= 11 is 6.99. The van der Waals surface area contributed by atoms with Crippen LogP contribution in [0, 0.1) is 0 Å². The largest absolute Gasteiger partial charge is 0.480 e. The minimum Gasteiger partial charge on any atom is -0.480 e. The van der Waals surface area contributed by atoms with Crippen molar-refractivity contribution >= 4 is 60.0 Å². The van der Waals surface area contributed by atoms with Gasteiger partial charge in [0.1, 0.15) is 5.52 Å². The Kier molecular flexibility index (Phi) is 5.78. The minimum atomic E-state index is -0.235. The molecule has 3 rings (SSSR count). The maximum Gasteiger partial charge on any atom is 0.262 e. The smallest absolute Gasteiger partial charge is 0.262 e. The summed E-state index contributed by atoms with van der Waals surface area (Å²) in [4.78, 5) is 18.6. The number of hydrogen-bond acceptors (Lipinski definition) is 4. The lowest BCUT2D eigenvalue weighted by Crippen LogP contribution is -2.20. The lowest BCUT2D eigenvalue weighted by molar-refractivity contribution is -0.118. The summed E-state index contributed by atoms with van der Waals surface area (Å²) in [5, 5.41) is 3.75. The molecule has 5 nitrogen and oxygen atoms in total. The van der Waals surface area contributed by atoms with Crippen molar-refractivity contribution in [3.05, 3.63) is 57.6 Å². The number of nitrogens with zero attached hydrogens (tertiary/aromatic N) is 2. The zero-order valence-electron chi connectivity index (χ0n) is 14.3. The van der Waals surface area contributed by atoms with Crippen molar-refractivity contribution in [1.29, 1.82) is 0 Å². The van der Waals surface area contributed by atoms with Crippen LogP contribution in [0.15, 0.2) is 57.6 Å². The van der Waals surface area contributed by atoms with E-state index in [1.54, 1.807) is 6.20 Å². The number of aromatic nitrogens is 1. The average molecular weight is 479 g/mol. The predicted octanol–water partition coefficient (Wildman–Crippen LogP) is 4.84. The van der Waals surface area contributed by atoms with E-state index in [4.69, 9.17) is 4.74 Å². The molecule has 134 valence electrons. The van der Waals surface area contributed by atoms with Crippen LogP contribution in [-0.4, -0.2) is 31.6 Å².